The maximum absolute atomic E-state index is 10.7. The third-order valence-electron chi connectivity index (χ3n) is 1.91. The monoisotopic (exact) mass is 194 g/mol. The first kappa shape index (κ1) is 10.5. The van der Waals surface area contributed by atoms with Crippen molar-refractivity contribution in [2.75, 3.05) is 5.73 Å². The minimum absolute atomic E-state index is 0.0141. The topological polar surface area (TPSA) is 89.3 Å². The van der Waals surface area contributed by atoms with Gasteiger partial charge in [0.05, 0.1) is 5.56 Å². The predicted octanol–water partition coefficient (Wildman–Crippen LogP) is 0.857. The van der Waals surface area contributed by atoms with Crippen LogP contribution in [-0.2, 0) is 6.42 Å². The Labute approximate surface area is 82.5 Å². The van der Waals surface area contributed by atoms with Gasteiger partial charge in [0.2, 0.25) is 0 Å². The lowest BCUT2D eigenvalue weighted by atomic mass is 10.0. The molecule has 1 aromatic carbocycles. The van der Waals surface area contributed by atoms with Crippen LogP contribution in [0.4, 0.5) is 5.69 Å². The van der Waals surface area contributed by atoms with Crippen LogP contribution < -0.4 is 11.5 Å². The molecule has 0 fully saturated rings. The molecule has 0 radical (unpaired) electrons. The summed E-state index contributed by atoms with van der Waals surface area (Å²) in [5.41, 5.74) is 12.4. The van der Waals surface area contributed by atoms with Crippen molar-refractivity contribution in [2.45, 2.75) is 19.4 Å². The number of nitrogens with two attached hydrogens (primary N) is 2. The molecule has 0 bridgehead atoms. The van der Waals surface area contributed by atoms with E-state index in [1.54, 1.807) is 18.2 Å². The highest BCUT2D eigenvalue weighted by Gasteiger charge is 2.08. The molecule has 1 aromatic rings. The molecule has 0 aliphatic heterocycles. The molecule has 0 heterocycles. The van der Waals surface area contributed by atoms with Gasteiger partial charge in [0, 0.05) is 11.7 Å². The second-order valence-corrected chi connectivity index (χ2v) is 3.41. The summed E-state index contributed by atoms with van der Waals surface area (Å²) in [5.74, 6) is -1.01. The van der Waals surface area contributed by atoms with E-state index in [2.05, 4.69) is 0 Å². The van der Waals surface area contributed by atoms with Crippen LogP contribution in [0, 0.1) is 0 Å². The molecule has 5 N–H and O–H groups in total. The lowest BCUT2D eigenvalue weighted by molar-refractivity contribution is 0.0698. The first-order chi connectivity index (χ1) is 6.50. The molecule has 4 nitrogen and oxygen atoms in total. The van der Waals surface area contributed by atoms with Crippen LogP contribution in [0.2, 0.25) is 0 Å². The highest BCUT2D eigenvalue weighted by atomic mass is 16.4. The van der Waals surface area contributed by atoms with Crippen molar-refractivity contribution in [3.8, 4) is 0 Å². The lowest BCUT2D eigenvalue weighted by Crippen LogP contribution is -2.18. The van der Waals surface area contributed by atoms with Gasteiger partial charge in [-0.05, 0) is 31.0 Å². The molecule has 0 amide bonds. The van der Waals surface area contributed by atoms with Gasteiger partial charge < -0.3 is 16.6 Å². The van der Waals surface area contributed by atoms with Gasteiger partial charge in [0.15, 0.2) is 0 Å². The second kappa shape index (κ2) is 4.11. The van der Waals surface area contributed by atoms with Gasteiger partial charge in [0.25, 0.3) is 0 Å². The van der Waals surface area contributed by atoms with E-state index < -0.39 is 5.97 Å². The van der Waals surface area contributed by atoms with Crippen molar-refractivity contribution in [2.24, 2.45) is 5.73 Å². The van der Waals surface area contributed by atoms with Crippen molar-refractivity contribution in [3.05, 3.63) is 29.3 Å². The Bertz CT molecular complexity index is 348. The van der Waals surface area contributed by atoms with E-state index in [9.17, 15) is 4.79 Å². The van der Waals surface area contributed by atoms with Crippen LogP contribution >= 0.6 is 0 Å². The largest absolute Gasteiger partial charge is 0.478 e. The maximum atomic E-state index is 10.7. The summed E-state index contributed by atoms with van der Waals surface area (Å²) in [6.45, 7) is 1.87. The van der Waals surface area contributed by atoms with E-state index in [1.807, 2.05) is 6.92 Å². The molecule has 0 aromatic heterocycles. The molecular weight excluding hydrogens is 180 g/mol. The van der Waals surface area contributed by atoms with Crippen molar-refractivity contribution >= 4 is 11.7 Å². The molecule has 0 spiro atoms. The number of nitrogen functional groups attached to an aromatic ring is 1. The fourth-order valence-corrected chi connectivity index (χ4v) is 1.29. The van der Waals surface area contributed by atoms with Crippen molar-refractivity contribution in [1.29, 1.82) is 0 Å². The number of carboxylic acids is 1. The summed E-state index contributed by atoms with van der Waals surface area (Å²) in [5, 5.41) is 8.81. The van der Waals surface area contributed by atoms with E-state index >= 15 is 0 Å². The van der Waals surface area contributed by atoms with Gasteiger partial charge in [-0.3, -0.25) is 0 Å². The zero-order chi connectivity index (χ0) is 10.7. The van der Waals surface area contributed by atoms with Crippen LogP contribution in [0.1, 0.15) is 22.8 Å². The minimum atomic E-state index is -1.01. The number of anilines is 1. The Morgan fingerprint density at radius 2 is 2.21 bits per heavy atom. The Morgan fingerprint density at radius 3 is 2.71 bits per heavy atom. The standard InChI is InChI=1S/C10H14N2O2/c1-6(11)4-7-2-3-9(12)8(5-7)10(13)14/h2-3,5-6H,4,11-12H2,1H3,(H,13,14)/t6-/m0/s1. The number of rotatable bonds is 3. The first-order valence-electron chi connectivity index (χ1n) is 4.38. The summed E-state index contributed by atoms with van der Waals surface area (Å²) in [7, 11) is 0. The second-order valence-electron chi connectivity index (χ2n) is 3.41. The molecule has 0 saturated carbocycles. The number of carboxylic acid groups (broad SMARTS) is 1. The highest BCUT2D eigenvalue weighted by Crippen LogP contribution is 2.15. The van der Waals surface area contributed by atoms with Gasteiger partial charge in [-0.25, -0.2) is 4.79 Å². The van der Waals surface area contributed by atoms with Crippen molar-refractivity contribution < 1.29 is 9.90 Å². The molecule has 1 atom stereocenters. The number of benzene rings is 1. The summed E-state index contributed by atoms with van der Waals surface area (Å²) in [6, 6.07) is 4.98. The smallest absolute Gasteiger partial charge is 0.337 e. The average molecular weight is 194 g/mol. The van der Waals surface area contributed by atoms with Crippen LogP contribution in [0.15, 0.2) is 18.2 Å². The van der Waals surface area contributed by atoms with Gasteiger partial charge in [-0.15, -0.1) is 0 Å². The zero-order valence-corrected chi connectivity index (χ0v) is 8.03. The number of hydrogen-bond acceptors (Lipinski definition) is 3. The molecule has 0 aliphatic carbocycles. The van der Waals surface area contributed by atoms with Gasteiger partial charge in [-0.2, -0.15) is 0 Å². The highest BCUT2D eigenvalue weighted by molar-refractivity contribution is 5.93. The van der Waals surface area contributed by atoms with Gasteiger partial charge in [0.1, 0.15) is 0 Å². The summed E-state index contributed by atoms with van der Waals surface area (Å²) < 4.78 is 0. The lowest BCUT2D eigenvalue weighted by Gasteiger charge is -2.07. The van der Waals surface area contributed by atoms with Crippen molar-refractivity contribution in [1.82, 2.24) is 0 Å². The van der Waals surface area contributed by atoms with Gasteiger partial charge in [-0.1, -0.05) is 6.07 Å². The minimum Gasteiger partial charge on any atom is -0.478 e. The fourth-order valence-electron chi connectivity index (χ4n) is 1.29. The Kier molecular flexibility index (Phi) is 3.09. The molecule has 4 heteroatoms. The van der Waals surface area contributed by atoms with Crippen LogP contribution in [0.25, 0.3) is 0 Å². The van der Waals surface area contributed by atoms with Crippen LogP contribution in [-0.4, -0.2) is 17.1 Å². The van der Waals surface area contributed by atoms with Crippen LogP contribution in [0.3, 0.4) is 0 Å². The summed E-state index contributed by atoms with van der Waals surface area (Å²) >= 11 is 0. The molecule has 76 valence electrons. The number of aromatic carboxylic acids is 1. The SMILES string of the molecule is C[C@H](N)Cc1ccc(N)c(C(=O)O)c1. The van der Waals surface area contributed by atoms with E-state index in [4.69, 9.17) is 16.6 Å². The molecule has 0 unspecified atom stereocenters. The molecule has 1 rings (SSSR count). The summed E-state index contributed by atoms with van der Waals surface area (Å²) in [6.07, 6.45) is 0.653. The third kappa shape index (κ3) is 2.47. The van der Waals surface area contributed by atoms with E-state index in [-0.39, 0.29) is 17.3 Å². The quantitative estimate of drug-likeness (QED) is 0.622. The zero-order valence-electron chi connectivity index (χ0n) is 8.03. The number of carbonyl (C=O) groups is 1. The Balaban J connectivity index is 3.00. The Morgan fingerprint density at radius 1 is 1.57 bits per heavy atom. The average Bonchev–Trinajstić information content (AvgIpc) is 2.07. The summed E-state index contributed by atoms with van der Waals surface area (Å²) in [4.78, 5) is 10.7. The van der Waals surface area contributed by atoms with Gasteiger partial charge >= 0.3 is 5.97 Å². The van der Waals surface area contributed by atoms with E-state index in [1.165, 1.54) is 0 Å². The molecule has 14 heavy (non-hydrogen) atoms. The van der Waals surface area contributed by atoms with E-state index in [0.29, 0.717) is 6.42 Å². The number of hydrogen-bond donors (Lipinski definition) is 3. The molecular formula is C10H14N2O2. The fraction of sp³-hybridized carbons (Fsp3) is 0.300. The van der Waals surface area contributed by atoms with Crippen molar-refractivity contribution in [3.63, 3.8) is 0 Å². The third-order valence-corrected chi connectivity index (χ3v) is 1.91. The van der Waals surface area contributed by atoms with E-state index in [0.717, 1.165) is 5.56 Å². The first-order valence-corrected chi connectivity index (χ1v) is 4.38. The molecule has 0 aliphatic rings. The van der Waals surface area contributed by atoms with Crippen LogP contribution in [0.5, 0.6) is 0 Å². The predicted molar refractivity (Wildman–Crippen MR) is 55.2 cm³/mol. The molecule has 0 saturated heterocycles. The Hall–Kier alpha value is -1.55. The normalized spacial score (nSPS) is 12.4. The maximum Gasteiger partial charge on any atom is 0.337 e.